The van der Waals surface area contributed by atoms with Crippen LogP contribution in [0.4, 0.5) is 5.69 Å². The van der Waals surface area contributed by atoms with E-state index >= 15 is 0 Å². The standard InChI is InChI=1S/C16H23N3O4.2ClH/c20-14-10-12(9-13(16(14)21)19(22)23)15(11-3-1-2-4-11)18-7-5-17-6-8-18;;/h9-11,15,17,20-21H,1-8H2;2*1H/t15-;;/m1../s1. The average Bonchev–Trinajstić information content (AvgIpc) is 3.05. The molecule has 0 amide bonds. The van der Waals surface area contributed by atoms with Crippen LogP contribution in [0.25, 0.3) is 0 Å². The molecule has 1 saturated heterocycles. The molecule has 25 heavy (non-hydrogen) atoms. The minimum Gasteiger partial charge on any atom is -0.504 e. The topological polar surface area (TPSA) is 98.9 Å². The van der Waals surface area contributed by atoms with Crippen molar-refractivity contribution >= 4 is 30.5 Å². The number of nitrogens with zero attached hydrogens (tertiary/aromatic N) is 2. The van der Waals surface area contributed by atoms with E-state index in [-0.39, 0.29) is 30.9 Å². The van der Waals surface area contributed by atoms with Crippen molar-refractivity contribution < 1.29 is 15.1 Å². The van der Waals surface area contributed by atoms with E-state index in [0.29, 0.717) is 5.92 Å². The highest BCUT2D eigenvalue weighted by atomic mass is 35.5. The van der Waals surface area contributed by atoms with Gasteiger partial charge in [0.25, 0.3) is 0 Å². The fourth-order valence-corrected chi connectivity index (χ4v) is 3.95. The predicted octanol–water partition coefficient (Wildman–Crippen LogP) is 2.99. The van der Waals surface area contributed by atoms with Gasteiger partial charge in [-0.1, -0.05) is 12.8 Å². The maximum Gasteiger partial charge on any atom is 0.314 e. The zero-order chi connectivity index (χ0) is 16.4. The fraction of sp³-hybridized carbons (Fsp3) is 0.625. The molecule has 3 rings (SSSR count). The van der Waals surface area contributed by atoms with Gasteiger partial charge in [-0.25, -0.2) is 0 Å². The Labute approximate surface area is 159 Å². The summed E-state index contributed by atoms with van der Waals surface area (Å²) in [7, 11) is 0. The van der Waals surface area contributed by atoms with Crippen molar-refractivity contribution in [2.75, 3.05) is 26.2 Å². The first-order valence-corrected chi connectivity index (χ1v) is 8.23. The first-order chi connectivity index (χ1) is 11.1. The van der Waals surface area contributed by atoms with Crippen LogP contribution >= 0.6 is 24.8 Å². The molecular weight excluding hydrogens is 369 g/mol. The Morgan fingerprint density at radius 1 is 1.16 bits per heavy atom. The highest BCUT2D eigenvalue weighted by Gasteiger charge is 2.34. The molecule has 1 aromatic rings. The van der Waals surface area contributed by atoms with E-state index in [2.05, 4.69) is 10.2 Å². The number of rotatable bonds is 4. The molecule has 1 aliphatic carbocycles. The minimum absolute atomic E-state index is 0. The SMILES string of the molecule is Cl.Cl.O=[N+]([O-])c1cc([C@@H](C2CCCC2)N2CCNCC2)cc(O)c1O. The number of nitro benzene ring substituents is 1. The van der Waals surface area contributed by atoms with Gasteiger partial charge in [-0.05, 0) is 30.4 Å². The Hall–Kier alpha value is -1.28. The molecule has 1 saturated carbocycles. The highest BCUT2D eigenvalue weighted by molar-refractivity contribution is 5.85. The van der Waals surface area contributed by atoms with Gasteiger partial charge in [0.15, 0.2) is 5.75 Å². The van der Waals surface area contributed by atoms with Gasteiger partial charge in [0.2, 0.25) is 5.75 Å². The summed E-state index contributed by atoms with van der Waals surface area (Å²) < 4.78 is 0. The van der Waals surface area contributed by atoms with Crippen molar-refractivity contribution in [1.82, 2.24) is 10.2 Å². The van der Waals surface area contributed by atoms with Crippen LogP contribution < -0.4 is 5.32 Å². The molecule has 142 valence electrons. The fourth-order valence-electron chi connectivity index (χ4n) is 3.95. The summed E-state index contributed by atoms with van der Waals surface area (Å²) >= 11 is 0. The number of phenolic OH excluding ortho intramolecular Hbond substituents is 2. The molecule has 0 aromatic heterocycles. The molecule has 1 aromatic carbocycles. The van der Waals surface area contributed by atoms with Gasteiger partial charge >= 0.3 is 5.69 Å². The second-order valence-electron chi connectivity index (χ2n) is 6.44. The largest absolute Gasteiger partial charge is 0.504 e. The first kappa shape index (κ1) is 21.8. The molecule has 2 aliphatic rings. The van der Waals surface area contributed by atoms with Crippen LogP contribution in [0.1, 0.15) is 37.3 Å². The predicted molar refractivity (Wildman–Crippen MR) is 100 cm³/mol. The van der Waals surface area contributed by atoms with Crippen molar-refractivity contribution in [3.63, 3.8) is 0 Å². The Balaban J connectivity index is 0.00000156. The summed E-state index contributed by atoms with van der Waals surface area (Å²) in [6.07, 6.45) is 4.56. The van der Waals surface area contributed by atoms with E-state index in [9.17, 15) is 20.3 Å². The third-order valence-corrected chi connectivity index (χ3v) is 5.02. The van der Waals surface area contributed by atoms with E-state index in [1.54, 1.807) is 0 Å². The summed E-state index contributed by atoms with van der Waals surface area (Å²) in [5.74, 6) is -0.617. The van der Waals surface area contributed by atoms with Gasteiger partial charge in [0, 0.05) is 38.3 Å². The lowest BCUT2D eigenvalue weighted by Gasteiger charge is -2.38. The van der Waals surface area contributed by atoms with Gasteiger partial charge in [-0.2, -0.15) is 0 Å². The molecule has 9 heteroatoms. The third-order valence-electron chi connectivity index (χ3n) is 5.02. The highest BCUT2D eigenvalue weighted by Crippen LogP contribution is 2.44. The first-order valence-electron chi connectivity index (χ1n) is 8.23. The van der Waals surface area contributed by atoms with Crippen LogP contribution in [0.5, 0.6) is 11.5 Å². The van der Waals surface area contributed by atoms with E-state index in [1.165, 1.54) is 25.0 Å². The lowest BCUT2D eigenvalue weighted by Crippen LogP contribution is -2.46. The van der Waals surface area contributed by atoms with Gasteiger partial charge in [0.1, 0.15) is 0 Å². The van der Waals surface area contributed by atoms with Crippen molar-refractivity contribution in [1.29, 1.82) is 0 Å². The van der Waals surface area contributed by atoms with E-state index in [0.717, 1.165) is 44.6 Å². The number of aromatic hydroxyl groups is 2. The van der Waals surface area contributed by atoms with Crippen LogP contribution in [0.2, 0.25) is 0 Å². The van der Waals surface area contributed by atoms with Crippen LogP contribution in [0, 0.1) is 16.0 Å². The van der Waals surface area contributed by atoms with E-state index in [4.69, 9.17) is 0 Å². The number of nitrogens with one attached hydrogen (secondary N) is 1. The summed E-state index contributed by atoms with van der Waals surface area (Å²) in [5, 5.41) is 34.1. The van der Waals surface area contributed by atoms with E-state index in [1.807, 2.05) is 0 Å². The average molecular weight is 394 g/mol. The smallest absolute Gasteiger partial charge is 0.314 e. The minimum atomic E-state index is -0.649. The van der Waals surface area contributed by atoms with Crippen molar-refractivity contribution in [3.8, 4) is 11.5 Å². The van der Waals surface area contributed by atoms with Crippen LogP contribution in [0.3, 0.4) is 0 Å². The normalized spacial score (nSPS) is 19.7. The molecule has 0 radical (unpaired) electrons. The van der Waals surface area contributed by atoms with Crippen LogP contribution in [-0.4, -0.2) is 46.2 Å². The van der Waals surface area contributed by atoms with Gasteiger partial charge in [-0.3, -0.25) is 15.0 Å². The van der Waals surface area contributed by atoms with Crippen molar-refractivity contribution in [2.45, 2.75) is 31.7 Å². The number of hydrogen-bond acceptors (Lipinski definition) is 6. The lowest BCUT2D eigenvalue weighted by atomic mass is 9.89. The number of halogens is 2. The maximum atomic E-state index is 11.2. The molecule has 0 spiro atoms. The number of benzene rings is 1. The lowest BCUT2D eigenvalue weighted by molar-refractivity contribution is -0.386. The summed E-state index contributed by atoms with van der Waals surface area (Å²) in [4.78, 5) is 12.9. The maximum absolute atomic E-state index is 11.2. The monoisotopic (exact) mass is 393 g/mol. The Morgan fingerprint density at radius 3 is 2.32 bits per heavy atom. The number of hydrogen-bond donors (Lipinski definition) is 3. The molecule has 3 N–H and O–H groups in total. The Morgan fingerprint density at radius 2 is 1.76 bits per heavy atom. The molecule has 2 fully saturated rings. The van der Waals surface area contributed by atoms with Gasteiger partial charge in [-0.15, -0.1) is 24.8 Å². The number of phenols is 2. The van der Waals surface area contributed by atoms with Crippen molar-refractivity contribution in [3.05, 3.63) is 27.8 Å². The summed E-state index contributed by atoms with van der Waals surface area (Å²) in [5.41, 5.74) is 0.318. The molecule has 7 nitrogen and oxygen atoms in total. The summed E-state index contributed by atoms with van der Waals surface area (Å²) in [6.45, 7) is 3.57. The number of nitro groups is 1. The van der Waals surface area contributed by atoms with E-state index < -0.39 is 22.1 Å². The van der Waals surface area contributed by atoms with Gasteiger partial charge in [0.05, 0.1) is 4.92 Å². The Kier molecular flexibility index (Phi) is 8.21. The molecule has 0 unspecified atom stereocenters. The van der Waals surface area contributed by atoms with Crippen LogP contribution in [0.15, 0.2) is 12.1 Å². The molecule has 1 atom stereocenters. The summed E-state index contributed by atoms with van der Waals surface area (Å²) in [6, 6.07) is 2.98. The third kappa shape index (κ3) is 4.67. The molecule has 1 heterocycles. The zero-order valence-electron chi connectivity index (χ0n) is 13.9. The second kappa shape index (κ2) is 9.43. The zero-order valence-corrected chi connectivity index (χ0v) is 15.5. The van der Waals surface area contributed by atoms with Crippen LogP contribution in [-0.2, 0) is 0 Å². The molecule has 0 bridgehead atoms. The molecule has 1 aliphatic heterocycles. The second-order valence-corrected chi connectivity index (χ2v) is 6.44. The number of piperazine rings is 1. The Bertz CT molecular complexity index is 591. The van der Waals surface area contributed by atoms with Gasteiger partial charge < -0.3 is 15.5 Å². The molecular formula is C16H25Cl2N3O4. The quantitative estimate of drug-likeness (QED) is 0.413. The van der Waals surface area contributed by atoms with Crippen molar-refractivity contribution in [2.24, 2.45) is 5.92 Å².